The molecule has 0 atom stereocenters. The lowest BCUT2D eigenvalue weighted by molar-refractivity contribution is 0.0747. The van der Waals surface area contributed by atoms with E-state index in [1.165, 1.54) is 12.1 Å². The van der Waals surface area contributed by atoms with Gasteiger partial charge in [-0.1, -0.05) is 12.1 Å². The summed E-state index contributed by atoms with van der Waals surface area (Å²) in [6.07, 6.45) is 1.67. The number of benzene rings is 3. The Bertz CT molecular complexity index is 1280. The fraction of sp³-hybridized carbons (Fsp3) is 0.185. The third-order valence-electron chi connectivity index (χ3n) is 6.03. The van der Waals surface area contributed by atoms with Gasteiger partial charge in [0.15, 0.2) is 5.76 Å². The Morgan fingerprint density at radius 2 is 1.65 bits per heavy atom. The monoisotopic (exact) mass is 457 g/mol. The average molecular weight is 458 g/mol. The molecular weight excluding hydrogens is 433 g/mol. The molecule has 2 heterocycles. The van der Waals surface area contributed by atoms with E-state index in [-0.39, 0.29) is 11.7 Å². The first-order valence-electron chi connectivity index (χ1n) is 11.1. The van der Waals surface area contributed by atoms with Gasteiger partial charge in [0.05, 0.1) is 18.9 Å². The fourth-order valence-electron chi connectivity index (χ4n) is 4.13. The summed E-state index contributed by atoms with van der Waals surface area (Å²) in [6.45, 7) is 2.51. The molecule has 5 rings (SSSR count). The summed E-state index contributed by atoms with van der Waals surface area (Å²) >= 11 is 0. The molecule has 0 saturated carbocycles. The van der Waals surface area contributed by atoms with Crippen LogP contribution in [-0.4, -0.2) is 49.1 Å². The molecule has 34 heavy (non-hydrogen) atoms. The minimum Gasteiger partial charge on any atom is -0.497 e. The van der Waals surface area contributed by atoms with Crippen molar-refractivity contribution in [3.63, 3.8) is 0 Å². The van der Waals surface area contributed by atoms with Gasteiger partial charge >= 0.3 is 0 Å². The highest BCUT2D eigenvalue weighted by Crippen LogP contribution is 2.30. The number of aromatic nitrogens is 1. The van der Waals surface area contributed by atoms with Crippen molar-refractivity contribution < 1.29 is 18.3 Å². The van der Waals surface area contributed by atoms with Crippen molar-refractivity contribution in [1.82, 2.24) is 9.88 Å². The summed E-state index contributed by atoms with van der Waals surface area (Å²) in [6, 6.07) is 21.4. The van der Waals surface area contributed by atoms with E-state index in [9.17, 15) is 9.18 Å². The molecule has 4 aromatic rings. The Kier molecular flexibility index (Phi) is 5.99. The number of rotatable bonds is 5. The molecular formula is C27H24FN3O3. The van der Waals surface area contributed by atoms with Gasteiger partial charge in [-0.3, -0.25) is 4.79 Å². The highest BCUT2D eigenvalue weighted by molar-refractivity contribution is 6.00. The van der Waals surface area contributed by atoms with Crippen LogP contribution in [0.15, 0.2) is 83.4 Å². The number of carbonyl (C=O) groups excluding carboxylic acids is 1. The first-order valence-corrected chi connectivity index (χ1v) is 11.1. The lowest BCUT2D eigenvalue weighted by Crippen LogP contribution is -2.48. The van der Waals surface area contributed by atoms with E-state index in [0.717, 1.165) is 17.0 Å². The molecule has 0 spiro atoms. The van der Waals surface area contributed by atoms with Gasteiger partial charge in [-0.2, -0.15) is 0 Å². The number of nitrogens with zero attached hydrogens (tertiary/aromatic N) is 3. The zero-order chi connectivity index (χ0) is 23.5. The Morgan fingerprint density at radius 1 is 0.941 bits per heavy atom. The third kappa shape index (κ3) is 4.37. The number of piperazine rings is 1. The van der Waals surface area contributed by atoms with Crippen molar-refractivity contribution in [2.24, 2.45) is 0 Å². The molecule has 0 aliphatic carbocycles. The van der Waals surface area contributed by atoms with Crippen molar-refractivity contribution >= 4 is 11.6 Å². The minimum atomic E-state index is -0.254. The molecule has 1 aromatic heterocycles. The Labute approximate surface area is 197 Å². The lowest BCUT2D eigenvalue weighted by atomic mass is 10.1. The summed E-state index contributed by atoms with van der Waals surface area (Å²) in [7, 11) is 1.62. The molecule has 0 N–H and O–H groups in total. The third-order valence-corrected chi connectivity index (χ3v) is 6.03. The molecule has 0 radical (unpaired) electrons. The number of amides is 1. The van der Waals surface area contributed by atoms with Crippen molar-refractivity contribution in [2.75, 3.05) is 38.2 Å². The van der Waals surface area contributed by atoms with Gasteiger partial charge < -0.3 is 19.0 Å². The van der Waals surface area contributed by atoms with E-state index in [0.29, 0.717) is 49.0 Å². The number of oxazole rings is 1. The van der Waals surface area contributed by atoms with Crippen LogP contribution in [0, 0.1) is 5.82 Å². The topological polar surface area (TPSA) is 58.8 Å². The zero-order valence-corrected chi connectivity index (χ0v) is 18.8. The smallest absolute Gasteiger partial charge is 0.254 e. The Morgan fingerprint density at radius 3 is 2.35 bits per heavy atom. The van der Waals surface area contributed by atoms with Crippen LogP contribution in [0.2, 0.25) is 0 Å². The van der Waals surface area contributed by atoms with Crippen molar-refractivity contribution in [3.05, 3.63) is 90.4 Å². The summed E-state index contributed by atoms with van der Waals surface area (Å²) in [5.41, 5.74) is 3.05. The van der Waals surface area contributed by atoms with E-state index in [2.05, 4.69) is 9.88 Å². The summed E-state index contributed by atoms with van der Waals surface area (Å²) in [5.74, 6) is 1.47. The molecule has 172 valence electrons. The summed E-state index contributed by atoms with van der Waals surface area (Å²) in [4.78, 5) is 21.8. The number of halogens is 1. The first kappa shape index (κ1) is 21.7. The second kappa shape index (κ2) is 9.39. The van der Waals surface area contributed by atoms with Crippen LogP contribution in [0.25, 0.3) is 22.8 Å². The normalized spacial score (nSPS) is 13.7. The van der Waals surface area contributed by atoms with Gasteiger partial charge in [0.25, 0.3) is 5.91 Å². The van der Waals surface area contributed by atoms with Crippen LogP contribution in [-0.2, 0) is 0 Å². The quantitative estimate of drug-likeness (QED) is 0.416. The van der Waals surface area contributed by atoms with Crippen LogP contribution in [0.5, 0.6) is 5.75 Å². The predicted molar refractivity (Wildman–Crippen MR) is 128 cm³/mol. The average Bonchev–Trinajstić information content (AvgIpc) is 3.39. The number of ether oxygens (including phenoxy) is 1. The molecule has 3 aromatic carbocycles. The largest absolute Gasteiger partial charge is 0.497 e. The molecule has 1 amide bonds. The van der Waals surface area contributed by atoms with E-state index >= 15 is 0 Å². The maximum absolute atomic E-state index is 13.4. The number of hydrogen-bond donors (Lipinski definition) is 0. The van der Waals surface area contributed by atoms with E-state index in [4.69, 9.17) is 9.15 Å². The SMILES string of the molecule is COc1ccc(-c2cnc(-c3ccccc3C(=O)N3CCN(c4ccc(F)cc4)CC3)o2)cc1. The molecule has 1 aliphatic heterocycles. The second-order valence-corrected chi connectivity index (χ2v) is 8.06. The standard InChI is InChI=1S/C27H24FN3O3/c1-33-22-12-6-19(7-13-22)25-18-29-26(34-25)23-4-2-3-5-24(23)27(32)31-16-14-30(15-17-31)21-10-8-20(28)9-11-21/h2-13,18H,14-17H2,1H3. The highest BCUT2D eigenvalue weighted by atomic mass is 19.1. The molecule has 1 fully saturated rings. The van der Waals surface area contributed by atoms with Gasteiger partial charge in [-0.25, -0.2) is 9.37 Å². The molecule has 7 heteroatoms. The zero-order valence-electron chi connectivity index (χ0n) is 18.8. The second-order valence-electron chi connectivity index (χ2n) is 8.06. The first-order chi connectivity index (χ1) is 16.6. The summed E-state index contributed by atoms with van der Waals surface area (Å²) < 4.78 is 24.5. The van der Waals surface area contributed by atoms with Crippen molar-refractivity contribution in [2.45, 2.75) is 0 Å². The molecule has 1 saturated heterocycles. The number of hydrogen-bond acceptors (Lipinski definition) is 5. The Balaban J connectivity index is 1.33. The fourth-order valence-corrected chi connectivity index (χ4v) is 4.13. The van der Waals surface area contributed by atoms with Crippen LogP contribution in [0.1, 0.15) is 10.4 Å². The minimum absolute atomic E-state index is 0.0569. The predicted octanol–water partition coefficient (Wildman–Crippen LogP) is 5.12. The highest BCUT2D eigenvalue weighted by Gasteiger charge is 2.25. The van der Waals surface area contributed by atoms with Crippen LogP contribution < -0.4 is 9.64 Å². The van der Waals surface area contributed by atoms with E-state index in [1.54, 1.807) is 31.5 Å². The van der Waals surface area contributed by atoms with Gasteiger partial charge in [0.2, 0.25) is 5.89 Å². The van der Waals surface area contributed by atoms with Gasteiger partial charge in [0.1, 0.15) is 11.6 Å². The van der Waals surface area contributed by atoms with Gasteiger partial charge in [-0.05, 0) is 60.7 Å². The Hall–Kier alpha value is -4.13. The maximum Gasteiger partial charge on any atom is 0.254 e. The maximum atomic E-state index is 13.4. The number of anilines is 1. The molecule has 6 nitrogen and oxygen atoms in total. The number of methoxy groups -OCH3 is 1. The van der Waals surface area contributed by atoms with Crippen LogP contribution in [0.3, 0.4) is 0 Å². The molecule has 0 bridgehead atoms. The van der Waals surface area contributed by atoms with Crippen LogP contribution in [0.4, 0.5) is 10.1 Å². The molecule has 0 unspecified atom stereocenters. The number of carbonyl (C=O) groups is 1. The molecule has 1 aliphatic rings. The summed E-state index contributed by atoms with van der Waals surface area (Å²) in [5, 5.41) is 0. The van der Waals surface area contributed by atoms with E-state index in [1.807, 2.05) is 47.4 Å². The van der Waals surface area contributed by atoms with Gasteiger partial charge in [0, 0.05) is 43.0 Å². The van der Waals surface area contributed by atoms with Crippen molar-refractivity contribution in [1.29, 1.82) is 0 Å². The van der Waals surface area contributed by atoms with E-state index < -0.39 is 0 Å². The lowest BCUT2D eigenvalue weighted by Gasteiger charge is -2.36. The van der Waals surface area contributed by atoms with Gasteiger partial charge in [-0.15, -0.1) is 0 Å². The van der Waals surface area contributed by atoms with Crippen LogP contribution >= 0.6 is 0 Å². The van der Waals surface area contributed by atoms with Crippen molar-refractivity contribution in [3.8, 4) is 28.5 Å².